The molecule has 2 heterocycles. The Kier molecular flexibility index (Phi) is 1.16. The lowest BCUT2D eigenvalue weighted by molar-refractivity contribution is 0.411. The predicted molar refractivity (Wildman–Crippen MR) is 38.6 cm³/mol. The number of hydrogen-bond acceptors (Lipinski definition) is 4. The molecule has 2 N–H and O–H groups in total. The first-order chi connectivity index (χ1) is 5.31. The van der Waals surface area contributed by atoms with E-state index in [0.717, 1.165) is 0 Å². The molecule has 1 atom stereocenters. The smallest absolute Gasteiger partial charge is 0.208 e. The van der Waals surface area contributed by atoms with Crippen LogP contribution in [0, 0.1) is 0 Å². The molecule has 4 nitrogen and oxygen atoms in total. The second-order valence-corrected chi connectivity index (χ2v) is 2.33. The van der Waals surface area contributed by atoms with Gasteiger partial charge in [0.15, 0.2) is 5.76 Å². The first-order valence-corrected chi connectivity index (χ1v) is 3.24. The number of nitrogens with zero attached hydrogens (tertiary/aromatic N) is 2. The fourth-order valence-corrected chi connectivity index (χ4v) is 0.947. The molecule has 0 saturated carbocycles. The maximum Gasteiger partial charge on any atom is 0.208 e. The van der Waals surface area contributed by atoms with Gasteiger partial charge in [0.2, 0.25) is 5.66 Å². The van der Waals surface area contributed by atoms with Crippen LogP contribution in [0.3, 0.4) is 0 Å². The van der Waals surface area contributed by atoms with Crippen LogP contribution in [-0.4, -0.2) is 0 Å². The molecule has 1 unspecified atom stereocenters. The van der Waals surface area contributed by atoms with Gasteiger partial charge in [-0.2, -0.15) is 10.2 Å². The summed E-state index contributed by atoms with van der Waals surface area (Å²) in [5.41, 5.74) is 4.91. The molecule has 1 aliphatic rings. The highest BCUT2D eigenvalue weighted by Gasteiger charge is 2.29. The average Bonchev–Trinajstić information content (AvgIpc) is 2.55. The van der Waals surface area contributed by atoms with E-state index in [2.05, 4.69) is 10.2 Å². The van der Waals surface area contributed by atoms with Crippen LogP contribution in [0.15, 0.2) is 45.3 Å². The Morgan fingerprint density at radius 1 is 1.55 bits per heavy atom. The van der Waals surface area contributed by atoms with E-state index >= 15 is 0 Å². The van der Waals surface area contributed by atoms with Crippen LogP contribution in [0.25, 0.3) is 0 Å². The molecule has 1 aromatic rings. The summed E-state index contributed by atoms with van der Waals surface area (Å²) in [4.78, 5) is 0. The van der Waals surface area contributed by atoms with E-state index in [1.165, 1.54) is 0 Å². The van der Waals surface area contributed by atoms with Crippen LogP contribution in [0.2, 0.25) is 0 Å². The minimum absolute atomic E-state index is 0.606. The summed E-state index contributed by atoms with van der Waals surface area (Å²) >= 11 is 0. The van der Waals surface area contributed by atoms with E-state index in [9.17, 15) is 0 Å². The maximum absolute atomic E-state index is 5.78. The second kappa shape index (κ2) is 2.03. The van der Waals surface area contributed by atoms with E-state index in [1.54, 1.807) is 30.7 Å². The zero-order chi connectivity index (χ0) is 7.73. The normalized spacial score (nSPS) is 28.1. The van der Waals surface area contributed by atoms with Crippen LogP contribution in [0.5, 0.6) is 0 Å². The van der Waals surface area contributed by atoms with Gasteiger partial charge in [0.1, 0.15) is 0 Å². The van der Waals surface area contributed by atoms with Gasteiger partial charge in [0.25, 0.3) is 0 Å². The maximum atomic E-state index is 5.78. The monoisotopic (exact) mass is 149 g/mol. The molecule has 56 valence electrons. The summed E-state index contributed by atoms with van der Waals surface area (Å²) in [6.07, 6.45) is 4.81. The Bertz CT molecular complexity index is 287. The van der Waals surface area contributed by atoms with E-state index in [0.29, 0.717) is 5.76 Å². The molecule has 0 aliphatic carbocycles. The Morgan fingerprint density at radius 2 is 2.45 bits per heavy atom. The van der Waals surface area contributed by atoms with Gasteiger partial charge in [-0.25, -0.2) is 0 Å². The van der Waals surface area contributed by atoms with Crippen molar-refractivity contribution < 1.29 is 4.42 Å². The first-order valence-electron chi connectivity index (χ1n) is 3.24. The van der Waals surface area contributed by atoms with Gasteiger partial charge in [-0.1, -0.05) is 0 Å². The van der Waals surface area contributed by atoms with Crippen LogP contribution in [0.1, 0.15) is 5.76 Å². The zero-order valence-electron chi connectivity index (χ0n) is 5.77. The fraction of sp³-hybridized carbons (Fsp3) is 0.143. The van der Waals surface area contributed by atoms with Crippen LogP contribution in [0.4, 0.5) is 0 Å². The molecular weight excluding hydrogens is 142 g/mol. The SMILES string of the molecule is NC1(c2ccco2)C=CN=N1. The standard InChI is InChI=1S/C7H7N3O/c8-7(3-4-9-10-7)6-2-1-5-11-6/h1-5H,8H2. The predicted octanol–water partition coefficient (Wildman–Crippen LogP) is 1.37. The molecule has 2 rings (SSSR count). The van der Waals surface area contributed by atoms with Gasteiger partial charge >= 0.3 is 0 Å². The summed E-state index contributed by atoms with van der Waals surface area (Å²) in [6, 6.07) is 3.54. The quantitative estimate of drug-likeness (QED) is 0.655. The minimum Gasteiger partial charge on any atom is -0.465 e. The molecule has 4 heteroatoms. The summed E-state index contributed by atoms with van der Waals surface area (Å²) in [7, 11) is 0. The lowest BCUT2D eigenvalue weighted by atomic mass is 10.1. The van der Waals surface area contributed by atoms with Gasteiger partial charge in [-0.05, 0) is 18.2 Å². The molecular formula is C7H7N3O. The van der Waals surface area contributed by atoms with Crippen molar-refractivity contribution in [2.24, 2.45) is 16.0 Å². The zero-order valence-corrected chi connectivity index (χ0v) is 5.77. The van der Waals surface area contributed by atoms with Crippen LogP contribution >= 0.6 is 0 Å². The third-order valence-electron chi connectivity index (χ3n) is 1.53. The summed E-state index contributed by atoms with van der Waals surface area (Å²) < 4.78 is 5.09. The lowest BCUT2D eigenvalue weighted by Crippen LogP contribution is -2.29. The van der Waals surface area contributed by atoms with E-state index in [4.69, 9.17) is 10.2 Å². The Morgan fingerprint density at radius 3 is 3.00 bits per heavy atom. The van der Waals surface area contributed by atoms with Crippen molar-refractivity contribution in [3.8, 4) is 0 Å². The highest BCUT2D eigenvalue weighted by Crippen LogP contribution is 2.25. The number of hydrogen-bond donors (Lipinski definition) is 1. The molecule has 1 aromatic heterocycles. The van der Waals surface area contributed by atoms with Gasteiger partial charge in [0, 0.05) is 6.20 Å². The molecule has 11 heavy (non-hydrogen) atoms. The van der Waals surface area contributed by atoms with Crippen molar-refractivity contribution in [2.75, 3.05) is 0 Å². The van der Waals surface area contributed by atoms with Crippen molar-refractivity contribution in [3.63, 3.8) is 0 Å². The summed E-state index contributed by atoms with van der Waals surface area (Å²) in [6.45, 7) is 0. The Balaban J connectivity index is 2.43. The Hall–Kier alpha value is -1.42. The summed E-state index contributed by atoms with van der Waals surface area (Å²) in [5, 5.41) is 7.46. The molecule has 0 aromatic carbocycles. The number of nitrogens with two attached hydrogens (primary N) is 1. The van der Waals surface area contributed by atoms with Crippen LogP contribution < -0.4 is 5.73 Å². The van der Waals surface area contributed by atoms with Crippen molar-refractivity contribution in [1.29, 1.82) is 0 Å². The number of azo groups is 1. The van der Waals surface area contributed by atoms with Crippen molar-refractivity contribution in [2.45, 2.75) is 5.66 Å². The van der Waals surface area contributed by atoms with E-state index in [1.807, 2.05) is 0 Å². The first kappa shape index (κ1) is 6.30. The van der Waals surface area contributed by atoms with Gasteiger partial charge < -0.3 is 4.42 Å². The molecule has 0 amide bonds. The average molecular weight is 149 g/mol. The molecule has 1 aliphatic heterocycles. The second-order valence-electron chi connectivity index (χ2n) is 2.33. The minimum atomic E-state index is -0.872. The number of furan rings is 1. The highest BCUT2D eigenvalue weighted by atomic mass is 16.3. The van der Waals surface area contributed by atoms with Crippen LogP contribution in [-0.2, 0) is 5.66 Å². The van der Waals surface area contributed by atoms with Crippen molar-refractivity contribution in [1.82, 2.24) is 0 Å². The third kappa shape index (κ3) is 0.877. The lowest BCUT2D eigenvalue weighted by Gasteiger charge is -2.11. The molecule has 0 fully saturated rings. The van der Waals surface area contributed by atoms with E-state index in [-0.39, 0.29) is 0 Å². The Labute approximate surface area is 63.4 Å². The van der Waals surface area contributed by atoms with E-state index < -0.39 is 5.66 Å². The van der Waals surface area contributed by atoms with Gasteiger partial charge in [-0.15, -0.1) is 0 Å². The van der Waals surface area contributed by atoms with Gasteiger partial charge in [0.05, 0.1) is 6.26 Å². The highest BCUT2D eigenvalue weighted by molar-refractivity contribution is 5.20. The number of rotatable bonds is 1. The molecule has 0 saturated heterocycles. The molecule has 0 spiro atoms. The van der Waals surface area contributed by atoms with Gasteiger partial charge in [-0.3, -0.25) is 5.73 Å². The molecule has 0 radical (unpaired) electrons. The topological polar surface area (TPSA) is 63.9 Å². The molecule has 0 bridgehead atoms. The van der Waals surface area contributed by atoms with Crippen molar-refractivity contribution in [3.05, 3.63) is 36.4 Å². The largest absolute Gasteiger partial charge is 0.465 e. The third-order valence-corrected chi connectivity index (χ3v) is 1.53. The summed E-state index contributed by atoms with van der Waals surface area (Å²) in [5.74, 6) is 0.606. The fourth-order valence-electron chi connectivity index (χ4n) is 0.947. The van der Waals surface area contributed by atoms with Crippen molar-refractivity contribution >= 4 is 0 Å².